The molecule has 0 radical (unpaired) electrons. The Balaban J connectivity index is 1.67. The number of imidazole rings is 1. The van der Waals surface area contributed by atoms with Crippen LogP contribution in [-0.2, 0) is 6.54 Å². The Morgan fingerprint density at radius 1 is 1.37 bits per heavy atom. The molecule has 0 spiro atoms. The zero-order valence-corrected chi connectivity index (χ0v) is 11.1. The fraction of sp³-hybridized carbons (Fsp3) is 0.429. The van der Waals surface area contributed by atoms with Crippen LogP contribution in [0.4, 0.5) is 0 Å². The van der Waals surface area contributed by atoms with E-state index in [2.05, 4.69) is 27.9 Å². The molecule has 1 fully saturated rings. The van der Waals surface area contributed by atoms with Gasteiger partial charge in [-0.2, -0.15) is 0 Å². The maximum Gasteiger partial charge on any atom is 0.137 e. The summed E-state index contributed by atoms with van der Waals surface area (Å²) in [5, 5.41) is 0. The molecule has 0 aliphatic carbocycles. The highest BCUT2D eigenvalue weighted by Gasteiger charge is 2.26. The minimum atomic E-state index is 0.304. The molecule has 5 heteroatoms. The van der Waals surface area contributed by atoms with Gasteiger partial charge in [-0.3, -0.25) is 9.47 Å². The van der Waals surface area contributed by atoms with E-state index in [4.69, 9.17) is 5.73 Å². The van der Waals surface area contributed by atoms with Gasteiger partial charge in [0.2, 0.25) is 0 Å². The molecule has 0 aromatic carbocycles. The average Bonchev–Trinajstić information content (AvgIpc) is 3.02. The molecule has 0 amide bonds. The molecular formula is C14H19N5. The predicted octanol–water partition coefficient (Wildman–Crippen LogP) is 1.05. The largest absolute Gasteiger partial charge is 0.326 e. The van der Waals surface area contributed by atoms with Gasteiger partial charge >= 0.3 is 0 Å². The van der Waals surface area contributed by atoms with Gasteiger partial charge in [0.1, 0.15) is 12.1 Å². The molecule has 0 saturated carbocycles. The summed E-state index contributed by atoms with van der Waals surface area (Å²) in [4.78, 5) is 10.9. The first-order valence-corrected chi connectivity index (χ1v) is 6.63. The van der Waals surface area contributed by atoms with Crippen molar-refractivity contribution < 1.29 is 0 Å². The molecule has 100 valence electrons. The summed E-state index contributed by atoms with van der Waals surface area (Å²) in [7, 11) is 0. The molecule has 2 unspecified atom stereocenters. The van der Waals surface area contributed by atoms with E-state index in [9.17, 15) is 0 Å². The van der Waals surface area contributed by atoms with E-state index in [-0.39, 0.29) is 0 Å². The van der Waals surface area contributed by atoms with Crippen LogP contribution in [0.1, 0.15) is 12.5 Å². The van der Waals surface area contributed by atoms with Gasteiger partial charge in [0.05, 0.1) is 0 Å². The van der Waals surface area contributed by atoms with Crippen LogP contribution in [-0.4, -0.2) is 38.6 Å². The summed E-state index contributed by atoms with van der Waals surface area (Å²) in [5.41, 5.74) is 7.27. The van der Waals surface area contributed by atoms with Crippen molar-refractivity contribution in [3.63, 3.8) is 0 Å². The highest BCUT2D eigenvalue weighted by atomic mass is 15.2. The van der Waals surface area contributed by atoms with Crippen LogP contribution in [0.25, 0.3) is 5.82 Å². The van der Waals surface area contributed by atoms with Crippen molar-refractivity contribution in [2.45, 2.75) is 19.5 Å². The summed E-state index contributed by atoms with van der Waals surface area (Å²) in [5.74, 6) is 1.48. The van der Waals surface area contributed by atoms with E-state index in [1.165, 1.54) is 5.56 Å². The number of hydrogen-bond acceptors (Lipinski definition) is 4. The third kappa shape index (κ3) is 2.67. The monoisotopic (exact) mass is 257 g/mol. The Bertz CT molecular complexity index is 509. The lowest BCUT2D eigenvalue weighted by molar-refractivity contribution is 0.318. The van der Waals surface area contributed by atoms with Crippen molar-refractivity contribution in [3.05, 3.63) is 42.6 Å². The second-order valence-electron chi connectivity index (χ2n) is 5.33. The lowest BCUT2D eigenvalue weighted by atomic mass is 10.1. The third-order valence-electron chi connectivity index (χ3n) is 3.73. The maximum absolute atomic E-state index is 6.04. The van der Waals surface area contributed by atoms with Crippen LogP contribution in [0.15, 0.2) is 37.1 Å². The van der Waals surface area contributed by atoms with Crippen molar-refractivity contribution in [1.82, 2.24) is 19.4 Å². The maximum atomic E-state index is 6.04. The Hall–Kier alpha value is -1.72. The topological polar surface area (TPSA) is 60.0 Å². The first kappa shape index (κ1) is 12.3. The van der Waals surface area contributed by atoms with Crippen LogP contribution in [0, 0.1) is 5.92 Å². The number of nitrogens with two attached hydrogens (primary N) is 1. The molecule has 19 heavy (non-hydrogen) atoms. The van der Waals surface area contributed by atoms with Crippen molar-refractivity contribution in [2.24, 2.45) is 11.7 Å². The van der Waals surface area contributed by atoms with Gasteiger partial charge < -0.3 is 5.73 Å². The summed E-state index contributed by atoms with van der Waals surface area (Å²) in [6.45, 7) is 5.19. The highest BCUT2D eigenvalue weighted by molar-refractivity contribution is 5.25. The molecule has 2 aromatic rings. The summed E-state index contributed by atoms with van der Waals surface area (Å²) in [6, 6.07) is 4.45. The number of rotatable bonds is 3. The van der Waals surface area contributed by atoms with E-state index in [0.717, 1.165) is 25.5 Å². The van der Waals surface area contributed by atoms with E-state index < -0.39 is 0 Å². The number of likely N-dealkylation sites (tertiary alicyclic amines) is 1. The van der Waals surface area contributed by atoms with Gasteiger partial charge in [0.15, 0.2) is 0 Å². The van der Waals surface area contributed by atoms with Crippen LogP contribution in [0.3, 0.4) is 0 Å². The van der Waals surface area contributed by atoms with Crippen LogP contribution < -0.4 is 5.73 Å². The molecule has 1 saturated heterocycles. The van der Waals surface area contributed by atoms with Gasteiger partial charge in [-0.15, -0.1) is 0 Å². The molecule has 1 aliphatic heterocycles. The minimum Gasteiger partial charge on any atom is -0.326 e. The number of aromatic nitrogens is 3. The van der Waals surface area contributed by atoms with Crippen molar-refractivity contribution in [2.75, 3.05) is 13.1 Å². The van der Waals surface area contributed by atoms with Crippen LogP contribution in [0.5, 0.6) is 0 Å². The Labute approximate surface area is 113 Å². The zero-order chi connectivity index (χ0) is 13.2. The van der Waals surface area contributed by atoms with Crippen molar-refractivity contribution >= 4 is 0 Å². The molecule has 2 aromatic heterocycles. The quantitative estimate of drug-likeness (QED) is 0.892. The molecule has 5 nitrogen and oxygen atoms in total. The first-order valence-electron chi connectivity index (χ1n) is 6.63. The van der Waals surface area contributed by atoms with Gasteiger partial charge in [-0.05, 0) is 17.5 Å². The normalized spacial score (nSPS) is 23.9. The Kier molecular flexibility index (Phi) is 3.31. The fourth-order valence-corrected chi connectivity index (χ4v) is 2.54. The summed E-state index contributed by atoms with van der Waals surface area (Å²) in [6.07, 6.45) is 7.33. The zero-order valence-electron chi connectivity index (χ0n) is 11.1. The summed E-state index contributed by atoms with van der Waals surface area (Å²) >= 11 is 0. The molecule has 0 bridgehead atoms. The number of hydrogen-bond donors (Lipinski definition) is 1. The smallest absolute Gasteiger partial charge is 0.137 e. The van der Waals surface area contributed by atoms with Crippen LogP contribution >= 0.6 is 0 Å². The Morgan fingerprint density at radius 3 is 2.84 bits per heavy atom. The number of nitrogens with zero attached hydrogens (tertiary/aromatic N) is 4. The lowest BCUT2D eigenvalue weighted by Gasteiger charge is -2.15. The van der Waals surface area contributed by atoms with E-state index in [1.807, 2.05) is 23.0 Å². The third-order valence-corrected chi connectivity index (χ3v) is 3.73. The first-order chi connectivity index (χ1) is 9.22. The standard InChI is InChI=1S/C14H19N5/c1-11-7-18(9-13(11)15)8-12-2-3-14(17-6-12)19-5-4-16-10-19/h2-6,10-11,13H,7-9,15H2,1H3. The van der Waals surface area contributed by atoms with E-state index in [0.29, 0.717) is 12.0 Å². The second-order valence-corrected chi connectivity index (χ2v) is 5.33. The lowest BCUT2D eigenvalue weighted by Crippen LogP contribution is -2.28. The molecule has 3 heterocycles. The minimum absolute atomic E-state index is 0.304. The Morgan fingerprint density at radius 2 is 2.26 bits per heavy atom. The molecule has 1 aliphatic rings. The average molecular weight is 257 g/mol. The van der Waals surface area contributed by atoms with Gasteiger partial charge in [-0.1, -0.05) is 13.0 Å². The molecule has 2 atom stereocenters. The summed E-state index contributed by atoms with van der Waals surface area (Å²) < 4.78 is 1.90. The van der Waals surface area contributed by atoms with Crippen LogP contribution in [0.2, 0.25) is 0 Å². The molecule has 2 N–H and O–H groups in total. The molecular weight excluding hydrogens is 238 g/mol. The molecule has 3 rings (SSSR count). The SMILES string of the molecule is CC1CN(Cc2ccc(-n3ccnc3)nc2)CC1N. The predicted molar refractivity (Wildman–Crippen MR) is 73.8 cm³/mol. The van der Waals surface area contributed by atoms with Gasteiger partial charge in [-0.25, -0.2) is 9.97 Å². The highest BCUT2D eigenvalue weighted by Crippen LogP contribution is 2.17. The second kappa shape index (κ2) is 5.11. The van der Waals surface area contributed by atoms with E-state index in [1.54, 1.807) is 12.5 Å². The fourth-order valence-electron chi connectivity index (χ4n) is 2.54. The van der Waals surface area contributed by atoms with Crippen molar-refractivity contribution in [3.8, 4) is 5.82 Å². The number of pyridine rings is 1. The van der Waals surface area contributed by atoms with Crippen molar-refractivity contribution in [1.29, 1.82) is 0 Å². The van der Waals surface area contributed by atoms with E-state index >= 15 is 0 Å². The van der Waals surface area contributed by atoms with Gasteiger partial charge in [0, 0.05) is 44.3 Å². The van der Waals surface area contributed by atoms with Gasteiger partial charge in [0.25, 0.3) is 0 Å².